The van der Waals surface area contributed by atoms with E-state index in [4.69, 9.17) is 5.26 Å². The van der Waals surface area contributed by atoms with Crippen LogP contribution in [0.2, 0.25) is 0 Å². The minimum atomic E-state index is -0.576. The Morgan fingerprint density at radius 3 is 2.90 bits per heavy atom. The highest BCUT2D eigenvalue weighted by atomic mass is 16.5. The first kappa shape index (κ1) is 14.5. The number of hydrogen-bond donors (Lipinski definition) is 1. The molecule has 2 rings (SSSR count). The summed E-state index contributed by atoms with van der Waals surface area (Å²) in [7, 11) is 1.29. The quantitative estimate of drug-likeness (QED) is 0.863. The number of anilines is 1. The van der Waals surface area contributed by atoms with Gasteiger partial charge in [0.15, 0.2) is 0 Å². The smallest absolute Gasteiger partial charge is 0.376 e. The second-order valence-corrected chi connectivity index (χ2v) is 4.38. The van der Waals surface area contributed by atoms with E-state index in [0.717, 1.165) is 5.56 Å². The monoisotopic (exact) mass is 282 g/mol. The molecule has 0 saturated heterocycles. The van der Waals surface area contributed by atoms with Crippen LogP contribution < -0.4 is 5.32 Å². The third-order valence-corrected chi connectivity index (χ3v) is 2.75. The molecule has 6 nitrogen and oxygen atoms in total. The maximum absolute atomic E-state index is 11.5. The predicted octanol–water partition coefficient (Wildman–Crippen LogP) is 2.06. The third-order valence-electron chi connectivity index (χ3n) is 2.75. The molecule has 0 atom stereocenters. The van der Waals surface area contributed by atoms with Crippen molar-refractivity contribution < 1.29 is 9.53 Å². The molecule has 0 bridgehead atoms. The lowest BCUT2D eigenvalue weighted by atomic mass is 10.1. The van der Waals surface area contributed by atoms with Gasteiger partial charge in [-0.1, -0.05) is 12.1 Å². The van der Waals surface area contributed by atoms with Crippen molar-refractivity contribution in [1.29, 1.82) is 5.26 Å². The number of esters is 1. The lowest BCUT2D eigenvalue weighted by molar-refractivity contribution is 0.0586. The normalized spacial score (nSPS) is 9.76. The molecule has 21 heavy (non-hydrogen) atoms. The van der Waals surface area contributed by atoms with E-state index >= 15 is 0 Å². The summed E-state index contributed by atoms with van der Waals surface area (Å²) in [5.74, 6) is -0.0238. The van der Waals surface area contributed by atoms with Gasteiger partial charge in [-0.2, -0.15) is 5.26 Å². The van der Waals surface area contributed by atoms with E-state index in [1.165, 1.54) is 7.11 Å². The molecule has 0 unspecified atom stereocenters. The maximum atomic E-state index is 11.5. The van der Waals surface area contributed by atoms with Crippen LogP contribution in [0, 0.1) is 18.3 Å². The zero-order valence-electron chi connectivity index (χ0n) is 11.8. The minimum Gasteiger partial charge on any atom is -0.463 e. The van der Waals surface area contributed by atoms with Crippen molar-refractivity contribution in [2.24, 2.45) is 0 Å². The zero-order valence-corrected chi connectivity index (χ0v) is 11.8. The molecule has 2 aromatic rings. The lowest BCUT2D eigenvalue weighted by Crippen LogP contribution is -2.11. The predicted molar refractivity (Wildman–Crippen MR) is 76.6 cm³/mol. The van der Waals surface area contributed by atoms with Gasteiger partial charge in [0.1, 0.15) is 5.82 Å². The number of benzene rings is 1. The second kappa shape index (κ2) is 6.48. The number of nitriles is 1. The van der Waals surface area contributed by atoms with Crippen LogP contribution in [0.25, 0.3) is 0 Å². The minimum absolute atomic E-state index is 0.0192. The topological polar surface area (TPSA) is 87.9 Å². The first-order valence-electron chi connectivity index (χ1n) is 6.29. The number of ether oxygens (including phenoxy) is 1. The molecule has 1 aromatic heterocycles. The van der Waals surface area contributed by atoms with E-state index in [1.54, 1.807) is 25.1 Å². The molecule has 0 aliphatic heterocycles. The van der Waals surface area contributed by atoms with E-state index < -0.39 is 5.97 Å². The molecule has 106 valence electrons. The number of aryl methyl sites for hydroxylation is 1. The van der Waals surface area contributed by atoms with E-state index in [-0.39, 0.29) is 5.82 Å². The van der Waals surface area contributed by atoms with E-state index in [2.05, 4.69) is 26.1 Å². The van der Waals surface area contributed by atoms with E-state index in [9.17, 15) is 4.79 Å². The Labute approximate surface area is 122 Å². The Morgan fingerprint density at radius 1 is 1.38 bits per heavy atom. The lowest BCUT2D eigenvalue weighted by Gasteiger charge is -2.08. The zero-order chi connectivity index (χ0) is 15.2. The molecule has 0 saturated carbocycles. The summed E-state index contributed by atoms with van der Waals surface area (Å²) in [5.41, 5.74) is 2.21. The fraction of sp³-hybridized carbons (Fsp3) is 0.200. The molecule has 0 aliphatic rings. The van der Waals surface area contributed by atoms with Crippen LogP contribution >= 0.6 is 0 Å². The first-order chi connectivity index (χ1) is 10.1. The van der Waals surface area contributed by atoms with Gasteiger partial charge < -0.3 is 10.1 Å². The molecule has 0 fully saturated rings. The summed E-state index contributed by atoms with van der Waals surface area (Å²) in [4.78, 5) is 19.6. The fourth-order valence-corrected chi connectivity index (χ4v) is 1.79. The number of nitrogens with one attached hydrogen (secondary N) is 1. The van der Waals surface area contributed by atoms with Crippen LogP contribution in [-0.2, 0) is 11.3 Å². The van der Waals surface area contributed by atoms with Gasteiger partial charge in [-0.15, -0.1) is 0 Å². The van der Waals surface area contributed by atoms with Crippen LogP contribution in [0.5, 0.6) is 0 Å². The number of carbonyl (C=O) groups is 1. The van der Waals surface area contributed by atoms with Crippen LogP contribution in [0.1, 0.15) is 27.4 Å². The van der Waals surface area contributed by atoms with Crippen molar-refractivity contribution in [2.45, 2.75) is 13.5 Å². The Hall–Kier alpha value is -2.94. The number of nitrogens with zero attached hydrogens (tertiary/aromatic N) is 3. The Bertz CT molecular complexity index is 707. The van der Waals surface area contributed by atoms with Crippen LogP contribution in [0.4, 0.5) is 5.82 Å². The summed E-state index contributed by atoms with van der Waals surface area (Å²) in [5, 5.41) is 12.0. The average molecular weight is 282 g/mol. The second-order valence-electron chi connectivity index (χ2n) is 4.38. The maximum Gasteiger partial charge on any atom is 0.376 e. The Kier molecular flexibility index (Phi) is 4.46. The van der Waals surface area contributed by atoms with Crippen molar-refractivity contribution in [1.82, 2.24) is 9.97 Å². The summed E-state index contributed by atoms with van der Waals surface area (Å²) in [6.07, 6.45) is 0. The summed E-state index contributed by atoms with van der Waals surface area (Å²) in [6.45, 7) is 2.27. The molecule has 1 aromatic carbocycles. The van der Waals surface area contributed by atoms with Gasteiger partial charge in [0.2, 0.25) is 5.82 Å². The number of methoxy groups -OCH3 is 1. The van der Waals surface area contributed by atoms with Gasteiger partial charge >= 0.3 is 5.97 Å². The van der Waals surface area contributed by atoms with Crippen LogP contribution in [0.3, 0.4) is 0 Å². The molecule has 0 spiro atoms. The van der Waals surface area contributed by atoms with E-state index in [0.29, 0.717) is 23.6 Å². The fourth-order valence-electron chi connectivity index (χ4n) is 1.79. The van der Waals surface area contributed by atoms with Gasteiger partial charge in [-0.3, -0.25) is 0 Å². The van der Waals surface area contributed by atoms with Crippen molar-refractivity contribution >= 4 is 11.8 Å². The van der Waals surface area contributed by atoms with E-state index in [1.807, 2.05) is 12.1 Å². The SMILES string of the molecule is COC(=O)c1nc(C)cc(NCc2cccc(C#N)c2)n1. The third kappa shape index (κ3) is 3.76. The highest BCUT2D eigenvalue weighted by Gasteiger charge is 2.11. The Morgan fingerprint density at radius 2 is 2.19 bits per heavy atom. The highest BCUT2D eigenvalue weighted by Crippen LogP contribution is 2.10. The number of rotatable bonds is 4. The van der Waals surface area contributed by atoms with Crippen molar-refractivity contribution in [3.63, 3.8) is 0 Å². The summed E-state index contributed by atoms with van der Waals surface area (Å²) >= 11 is 0. The summed E-state index contributed by atoms with van der Waals surface area (Å²) < 4.78 is 4.61. The number of carbonyl (C=O) groups excluding carboxylic acids is 1. The highest BCUT2D eigenvalue weighted by molar-refractivity contribution is 5.85. The van der Waals surface area contributed by atoms with Gasteiger partial charge in [-0.25, -0.2) is 14.8 Å². The van der Waals surface area contributed by atoms with Crippen LogP contribution in [-0.4, -0.2) is 23.0 Å². The van der Waals surface area contributed by atoms with Gasteiger partial charge in [0, 0.05) is 18.3 Å². The number of hydrogen-bond acceptors (Lipinski definition) is 6. The first-order valence-corrected chi connectivity index (χ1v) is 6.29. The largest absolute Gasteiger partial charge is 0.463 e. The van der Waals surface area contributed by atoms with Crippen molar-refractivity contribution in [3.8, 4) is 6.07 Å². The summed E-state index contributed by atoms with van der Waals surface area (Å²) in [6, 6.07) is 11.1. The Balaban J connectivity index is 2.14. The molecule has 6 heteroatoms. The molecular formula is C15H14N4O2. The van der Waals surface area contributed by atoms with Gasteiger partial charge in [0.25, 0.3) is 0 Å². The molecule has 0 radical (unpaired) electrons. The molecule has 1 heterocycles. The van der Waals surface area contributed by atoms with Crippen molar-refractivity contribution in [2.75, 3.05) is 12.4 Å². The van der Waals surface area contributed by atoms with Crippen LogP contribution in [0.15, 0.2) is 30.3 Å². The molecule has 1 N–H and O–H groups in total. The molecule has 0 amide bonds. The molecule has 0 aliphatic carbocycles. The van der Waals surface area contributed by atoms with Gasteiger partial charge in [0.05, 0.1) is 18.7 Å². The van der Waals surface area contributed by atoms with Crippen molar-refractivity contribution in [3.05, 3.63) is 53.0 Å². The standard InChI is InChI=1S/C15H14N4O2/c1-10-6-13(19-14(18-10)15(20)21-2)17-9-12-5-3-4-11(7-12)8-16/h3-7H,9H2,1-2H3,(H,17,18,19). The average Bonchev–Trinajstić information content (AvgIpc) is 2.51. The number of aromatic nitrogens is 2. The van der Waals surface area contributed by atoms with Gasteiger partial charge in [-0.05, 0) is 24.6 Å². The molecular weight excluding hydrogens is 268 g/mol.